The van der Waals surface area contributed by atoms with Crippen molar-refractivity contribution in [2.45, 2.75) is 4.90 Å². The highest BCUT2D eigenvalue weighted by Gasteiger charge is 2.13. The number of nitrogens with one attached hydrogen (secondary N) is 1. The van der Waals surface area contributed by atoms with Gasteiger partial charge in [-0.25, -0.2) is 13.4 Å². The Balaban J connectivity index is 1.78. The van der Waals surface area contributed by atoms with Crippen LogP contribution in [-0.2, 0) is 10.0 Å². The summed E-state index contributed by atoms with van der Waals surface area (Å²) in [6.07, 6.45) is 0. The Morgan fingerprint density at radius 2 is 1.47 bits per heavy atom. The molecule has 30 heavy (non-hydrogen) atoms. The summed E-state index contributed by atoms with van der Waals surface area (Å²) in [6.45, 7) is 0. The fourth-order valence-electron chi connectivity index (χ4n) is 2.62. The SMILES string of the molecule is O=S(=O)([N-]c1nc2ccccc2nc1Nc1ccc(Cl)c(Cl)c1)c1ccc(Cl)cc1. The molecule has 0 saturated carbocycles. The van der Waals surface area contributed by atoms with Gasteiger partial charge in [-0.1, -0.05) is 53.0 Å². The van der Waals surface area contributed by atoms with E-state index < -0.39 is 10.0 Å². The molecular weight excluding hydrogens is 467 g/mol. The maximum atomic E-state index is 12.8. The second-order valence-electron chi connectivity index (χ2n) is 6.16. The third kappa shape index (κ3) is 4.44. The third-order valence-corrected chi connectivity index (χ3v) is 6.32. The predicted octanol–water partition coefficient (Wildman–Crippen LogP) is 6.73. The van der Waals surface area contributed by atoms with Crippen molar-refractivity contribution in [1.29, 1.82) is 0 Å². The molecule has 0 fully saturated rings. The summed E-state index contributed by atoms with van der Waals surface area (Å²) in [7, 11) is -4.05. The smallest absolute Gasteiger partial charge is 0.202 e. The number of anilines is 2. The third-order valence-electron chi connectivity index (χ3n) is 4.05. The normalized spacial score (nSPS) is 11.4. The van der Waals surface area contributed by atoms with Crippen LogP contribution in [0.5, 0.6) is 0 Å². The lowest BCUT2D eigenvalue weighted by Crippen LogP contribution is -2.02. The lowest BCUT2D eigenvalue weighted by molar-refractivity contribution is 0.603. The molecule has 1 N–H and O–H groups in total. The van der Waals surface area contributed by atoms with Gasteiger partial charge in [0.25, 0.3) is 0 Å². The number of hydrogen-bond donors (Lipinski definition) is 1. The Hall–Kier alpha value is -2.58. The zero-order chi connectivity index (χ0) is 21.3. The molecule has 152 valence electrons. The minimum atomic E-state index is -4.05. The molecule has 0 saturated heterocycles. The number of para-hydroxylation sites is 2. The molecule has 0 amide bonds. The monoisotopic (exact) mass is 477 g/mol. The molecule has 0 aliphatic rings. The van der Waals surface area contributed by atoms with E-state index in [1.165, 1.54) is 24.3 Å². The second kappa shape index (κ2) is 8.28. The molecule has 0 radical (unpaired) electrons. The van der Waals surface area contributed by atoms with Crippen molar-refractivity contribution in [1.82, 2.24) is 9.97 Å². The van der Waals surface area contributed by atoms with Gasteiger partial charge in [0.1, 0.15) is 5.82 Å². The number of nitrogens with zero attached hydrogens (tertiary/aromatic N) is 3. The largest absolute Gasteiger partial charge is 0.431 e. The van der Waals surface area contributed by atoms with Crippen LogP contribution in [0.15, 0.2) is 71.6 Å². The van der Waals surface area contributed by atoms with E-state index >= 15 is 0 Å². The number of fused-ring (bicyclic) bond motifs is 1. The summed E-state index contributed by atoms with van der Waals surface area (Å²) < 4.78 is 29.5. The van der Waals surface area contributed by atoms with E-state index in [2.05, 4.69) is 20.0 Å². The van der Waals surface area contributed by atoms with Crippen molar-refractivity contribution < 1.29 is 8.42 Å². The number of benzene rings is 3. The van der Waals surface area contributed by atoms with Crippen molar-refractivity contribution in [2.24, 2.45) is 0 Å². The van der Waals surface area contributed by atoms with E-state index in [0.717, 1.165) is 0 Å². The van der Waals surface area contributed by atoms with Crippen LogP contribution in [0.25, 0.3) is 15.8 Å². The Morgan fingerprint density at radius 3 is 2.13 bits per heavy atom. The summed E-state index contributed by atoms with van der Waals surface area (Å²) in [5.74, 6) is 0.0688. The van der Waals surface area contributed by atoms with Crippen molar-refractivity contribution in [2.75, 3.05) is 5.32 Å². The van der Waals surface area contributed by atoms with Gasteiger partial charge in [-0.2, -0.15) is 0 Å². The van der Waals surface area contributed by atoms with E-state index in [-0.39, 0.29) is 16.5 Å². The molecule has 0 bridgehead atoms. The topological polar surface area (TPSA) is 86.1 Å². The standard InChI is InChI=1S/C20H12Cl3N4O2S/c21-12-5-8-14(9-6-12)30(28,29)27-20-19(24-13-7-10-15(22)16(23)11-13)25-17-3-1-2-4-18(17)26-20/h1-11H,(H-,24,25,26,27)/q-1. The van der Waals surface area contributed by atoms with Crippen LogP contribution in [0, 0.1) is 0 Å². The minimum Gasteiger partial charge on any atom is -0.431 e. The lowest BCUT2D eigenvalue weighted by atomic mass is 10.3. The highest BCUT2D eigenvalue weighted by Crippen LogP contribution is 2.35. The molecule has 0 atom stereocenters. The molecular formula is C20H12Cl3N4O2S-. The van der Waals surface area contributed by atoms with Crippen molar-refractivity contribution in [3.05, 3.63) is 86.5 Å². The van der Waals surface area contributed by atoms with Gasteiger partial charge in [-0.3, -0.25) is 0 Å². The first kappa shape index (κ1) is 20.7. The van der Waals surface area contributed by atoms with E-state index in [1.807, 2.05) is 0 Å². The van der Waals surface area contributed by atoms with Crippen LogP contribution < -0.4 is 5.32 Å². The van der Waals surface area contributed by atoms with Gasteiger partial charge in [0, 0.05) is 10.7 Å². The van der Waals surface area contributed by atoms with E-state index in [1.54, 1.807) is 42.5 Å². The van der Waals surface area contributed by atoms with Crippen molar-refractivity contribution in [3.8, 4) is 0 Å². The number of rotatable bonds is 5. The molecule has 0 spiro atoms. The van der Waals surface area contributed by atoms with Crippen LogP contribution in [0.3, 0.4) is 0 Å². The molecule has 0 unspecified atom stereocenters. The second-order valence-corrected chi connectivity index (χ2v) is 9.01. The summed E-state index contributed by atoms with van der Waals surface area (Å²) in [4.78, 5) is 8.86. The highest BCUT2D eigenvalue weighted by atomic mass is 35.5. The quantitative estimate of drug-likeness (QED) is 0.344. The molecule has 10 heteroatoms. The summed E-state index contributed by atoms with van der Waals surface area (Å²) in [6, 6.07) is 17.7. The first-order chi connectivity index (χ1) is 14.3. The zero-order valence-corrected chi connectivity index (χ0v) is 18.1. The zero-order valence-electron chi connectivity index (χ0n) is 15.1. The Labute approximate surface area is 187 Å². The van der Waals surface area contributed by atoms with Crippen LogP contribution >= 0.6 is 34.8 Å². The highest BCUT2D eigenvalue weighted by molar-refractivity contribution is 7.94. The molecule has 0 aliphatic carbocycles. The van der Waals surface area contributed by atoms with Gasteiger partial charge in [-0.05, 0) is 59.9 Å². The molecule has 4 aromatic rings. The number of halogens is 3. The van der Waals surface area contributed by atoms with Crippen molar-refractivity contribution in [3.63, 3.8) is 0 Å². The number of sulfonamides is 1. The predicted molar refractivity (Wildman–Crippen MR) is 121 cm³/mol. The minimum absolute atomic E-state index is 0.0117. The number of hydrogen-bond acceptors (Lipinski definition) is 5. The summed E-state index contributed by atoms with van der Waals surface area (Å²) >= 11 is 17.9. The molecule has 4 rings (SSSR count). The van der Waals surface area contributed by atoms with Crippen LogP contribution in [-0.4, -0.2) is 18.4 Å². The van der Waals surface area contributed by atoms with Gasteiger partial charge >= 0.3 is 0 Å². The van der Waals surface area contributed by atoms with Crippen LogP contribution in [0.1, 0.15) is 0 Å². The Morgan fingerprint density at radius 1 is 0.800 bits per heavy atom. The van der Waals surface area contributed by atoms with Gasteiger partial charge in [0.05, 0.1) is 20.5 Å². The molecule has 0 aliphatic heterocycles. The lowest BCUT2D eigenvalue weighted by Gasteiger charge is -2.21. The molecule has 1 heterocycles. The van der Waals surface area contributed by atoms with Crippen LogP contribution in [0.4, 0.5) is 17.3 Å². The molecule has 6 nitrogen and oxygen atoms in total. The molecule has 3 aromatic carbocycles. The van der Waals surface area contributed by atoms with Gasteiger partial charge < -0.3 is 15.0 Å². The van der Waals surface area contributed by atoms with E-state index in [0.29, 0.717) is 31.8 Å². The maximum absolute atomic E-state index is 12.8. The first-order valence-electron chi connectivity index (χ1n) is 8.54. The fourth-order valence-corrected chi connectivity index (χ4v) is 3.99. The average molecular weight is 479 g/mol. The Bertz CT molecular complexity index is 1350. The average Bonchev–Trinajstić information content (AvgIpc) is 2.71. The Kier molecular flexibility index (Phi) is 5.71. The summed E-state index contributed by atoms with van der Waals surface area (Å²) in [5.41, 5.74) is 1.62. The molecule has 1 aromatic heterocycles. The van der Waals surface area contributed by atoms with Gasteiger partial charge in [0.15, 0.2) is 0 Å². The fraction of sp³-hybridized carbons (Fsp3) is 0. The van der Waals surface area contributed by atoms with Crippen LogP contribution in [0.2, 0.25) is 15.1 Å². The van der Waals surface area contributed by atoms with E-state index in [4.69, 9.17) is 34.8 Å². The number of aromatic nitrogens is 2. The summed E-state index contributed by atoms with van der Waals surface area (Å²) in [5, 5.41) is 4.16. The van der Waals surface area contributed by atoms with Crippen molar-refractivity contribution >= 4 is 73.2 Å². The first-order valence-corrected chi connectivity index (χ1v) is 11.1. The van der Waals surface area contributed by atoms with Gasteiger partial charge in [0.2, 0.25) is 10.0 Å². The van der Waals surface area contributed by atoms with Gasteiger partial charge in [-0.15, -0.1) is 0 Å². The maximum Gasteiger partial charge on any atom is 0.202 e. The van der Waals surface area contributed by atoms with E-state index in [9.17, 15) is 8.42 Å².